The maximum atomic E-state index is 11.4. The molecule has 0 spiro atoms. The first-order chi connectivity index (χ1) is 7.99. The lowest BCUT2D eigenvalue weighted by atomic mass is 9.99. The third-order valence-corrected chi connectivity index (χ3v) is 4.80. The molecule has 0 aliphatic carbocycles. The Morgan fingerprint density at radius 2 is 2.18 bits per heavy atom. The van der Waals surface area contributed by atoms with Crippen LogP contribution in [0, 0.1) is 13.8 Å². The minimum atomic E-state index is 0.355. The summed E-state index contributed by atoms with van der Waals surface area (Å²) in [4.78, 5) is 19.7. The predicted molar refractivity (Wildman–Crippen MR) is 70.4 cm³/mol. The van der Waals surface area contributed by atoms with Crippen molar-refractivity contribution in [2.45, 2.75) is 52.6 Å². The topological polar surface area (TPSA) is 33.2 Å². The van der Waals surface area contributed by atoms with Gasteiger partial charge in [-0.2, -0.15) is 0 Å². The molecule has 17 heavy (non-hydrogen) atoms. The molecule has 1 aliphatic heterocycles. The number of hydrogen-bond acceptors (Lipinski definition) is 4. The van der Waals surface area contributed by atoms with Crippen molar-refractivity contribution in [1.82, 2.24) is 9.88 Å². The van der Waals surface area contributed by atoms with Crippen molar-refractivity contribution >= 4 is 17.1 Å². The molecule has 3 nitrogen and oxygen atoms in total. The molecule has 2 unspecified atom stereocenters. The van der Waals surface area contributed by atoms with Crippen LogP contribution in [0.2, 0.25) is 0 Å². The molecule has 0 aromatic carbocycles. The van der Waals surface area contributed by atoms with E-state index < -0.39 is 0 Å². The van der Waals surface area contributed by atoms with Gasteiger partial charge in [0.2, 0.25) is 0 Å². The number of rotatable bonds is 2. The summed E-state index contributed by atoms with van der Waals surface area (Å²) in [5.74, 6) is 0.401. The minimum absolute atomic E-state index is 0.355. The Morgan fingerprint density at radius 3 is 2.71 bits per heavy atom. The second-order valence-corrected chi connectivity index (χ2v) is 6.17. The van der Waals surface area contributed by atoms with Gasteiger partial charge in [-0.05, 0) is 27.7 Å². The molecule has 1 aromatic heterocycles. The van der Waals surface area contributed by atoms with Crippen molar-refractivity contribution < 1.29 is 4.79 Å². The van der Waals surface area contributed by atoms with Gasteiger partial charge in [-0.25, -0.2) is 4.98 Å². The van der Waals surface area contributed by atoms with Crippen LogP contribution in [-0.2, 0) is 4.79 Å². The van der Waals surface area contributed by atoms with E-state index in [4.69, 9.17) is 0 Å². The molecule has 2 rings (SSSR count). The van der Waals surface area contributed by atoms with Gasteiger partial charge in [-0.1, -0.05) is 0 Å². The van der Waals surface area contributed by atoms with Crippen molar-refractivity contribution in [1.29, 1.82) is 0 Å². The van der Waals surface area contributed by atoms with Crippen LogP contribution < -0.4 is 0 Å². The fourth-order valence-electron chi connectivity index (χ4n) is 2.68. The molecule has 4 heteroatoms. The third kappa shape index (κ3) is 2.58. The lowest BCUT2D eigenvalue weighted by molar-refractivity contribution is -0.123. The smallest absolute Gasteiger partial charge is 0.135 e. The molecule has 0 bridgehead atoms. The number of hydrogen-bond donors (Lipinski definition) is 0. The van der Waals surface area contributed by atoms with Crippen molar-refractivity contribution in [2.75, 3.05) is 6.54 Å². The summed E-state index contributed by atoms with van der Waals surface area (Å²) in [5, 5.41) is 1.13. The molecule has 0 radical (unpaired) electrons. The number of carbonyl (C=O) groups is 1. The van der Waals surface area contributed by atoms with Gasteiger partial charge >= 0.3 is 0 Å². The molecule has 0 saturated carbocycles. The zero-order chi connectivity index (χ0) is 12.6. The van der Waals surface area contributed by atoms with Crippen LogP contribution in [0.25, 0.3) is 0 Å². The van der Waals surface area contributed by atoms with Crippen LogP contribution >= 0.6 is 11.3 Å². The van der Waals surface area contributed by atoms with E-state index in [1.807, 2.05) is 0 Å². The van der Waals surface area contributed by atoms with Crippen LogP contribution in [-0.4, -0.2) is 28.3 Å². The standard InChI is InChI=1S/C13H20N2OS/c1-8-7-12(16)5-6-15(8)10(3)13-9(2)14-11(4)17-13/h8,10H,5-7H2,1-4H3. The molecular formula is C13H20N2OS. The summed E-state index contributed by atoms with van der Waals surface area (Å²) in [6.07, 6.45) is 1.40. The monoisotopic (exact) mass is 252 g/mol. The summed E-state index contributed by atoms with van der Waals surface area (Å²) in [5.41, 5.74) is 1.14. The van der Waals surface area contributed by atoms with Gasteiger partial charge in [0.25, 0.3) is 0 Å². The minimum Gasteiger partial charge on any atom is -0.300 e. The number of aryl methyl sites for hydroxylation is 2. The van der Waals surface area contributed by atoms with Crippen LogP contribution in [0.3, 0.4) is 0 Å². The Balaban J connectivity index is 2.17. The molecular weight excluding hydrogens is 232 g/mol. The number of thiazole rings is 1. The molecule has 2 heterocycles. The number of nitrogens with zero attached hydrogens (tertiary/aromatic N) is 2. The Morgan fingerprint density at radius 1 is 1.47 bits per heavy atom. The van der Waals surface area contributed by atoms with Gasteiger partial charge in [0.05, 0.1) is 10.7 Å². The SMILES string of the molecule is Cc1nc(C)c(C(C)N2CCC(=O)CC2C)s1. The number of aromatic nitrogens is 1. The normalized spacial score (nSPS) is 24.0. The first-order valence-electron chi connectivity index (χ1n) is 6.20. The lowest BCUT2D eigenvalue weighted by Gasteiger charge is -2.37. The molecule has 94 valence electrons. The fraction of sp³-hybridized carbons (Fsp3) is 0.692. The maximum absolute atomic E-state index is 11.4. The first kappa shape index (κ1) is 12.7. The van der Waals surface area contributed by atoms with E-state index in [9.17, 15) is 4.79 Å². The Hall–Kier alpha value is -0.740. The second kappa shape index (κ2) is 4.86. The molecule has 0 amide bonds. The molecule has 1 saturated heterocycles. The van der Waals surface area contributed by atoms with E-state index in [-0.39, 0.29) is 0 Å². The highest BCUT2D eigenvalue weighted by Gasteiger charge is 2.29. The summed E-state index contributed by atoms with van der Waals surface area (Å²) in [6, 6.07) is 0.734. The summed E-state index contributed by atoms with van der Waals surface area (Å²) >= 11 is 1.78. The number of likely N-dealkylation sites (tertiary alicyclic amines) is 1. The van der Waals surface area contributed by atoms with E-state index in [2.05, 4.69) is 37.6 Å². The average Bonchev–Trinajstić information content (AvgIpc) is 2.57. The van der Waals surface area contributed by atoms with Gasteiger partial charge in [0.1, 0.15) is 5.78 Å². The van der Waals surface area contributed by atoms with Crippen LogP contribution in [0.15, 0.2) is 0 Å². The summed E-state index contributed by atoms with van der Waals surface area (Å²) in [6.45, 7) is 9.40. The number of carbonyl (C=O) groups excluding carboxylic acids is 1. The average molecular weight is 252 g/mol. The van der Waals surface area contributed by atoms with Crippen LogP contribution in [0.4, 0.5) is 0 Å². The van der Waals surface area contributed by atoms with E-state index >= 15 is 0 Å². The Bertz CT molecular complexity index is 427. The fourth-order valence-corrected chi connectivity index (χ4v) is 3.68. The van der Waals surface area contributed by atoms with Crippen molar-refractivity contribution in [2.24, 2.45) is 0 Å². The maximum Gasteiger partial charge on any atom is 0.135 e. The highest BCUT2D eigenvalue weighted by Crippen LogP contribution is 2.32. The predicted octanol–water partition coefficient (Wildman–Crippen LogP) is 2.87. The van der Waals surface area contributed by atoms with Crippen molar-refractivity contribution in [3.8, 4) is 0 Å². The van der Waals surface area contributed by atoms with Gasteiger partial charge < -0.3 is 0 Å². The molecule has 1 fully saturated rings. The number of Topliss-reactive ketones (excluding diaryl/α,β-unsaturated/α-hetero) is 1. The van der Waals surface area contributed by atoms with Crippen LogP contribution in [0.5, 0.6) is 0 Å². The van der Waals surface area contributed by atoms with Crippen molar-refractivity contribution in [3.63, 3.8) is 0 Å². The summed E-state index contributed by atoms with van der Waals surface area (Å²) < 4.78 is 0. The largest absolute Gasteiger partial charge is 0.300 e. The van der Waals surface area contributed by atoms with Crippen LogP contribution in [0.1, 0.15) is 48.3 Å². The number of piperidine rings is 1. The van der Waals surface area contributed by atoms with E-state index in [1.54, 1.807) is 11.3 Å². The van der Waals surface area contributed by atoms with Gasteiger partial charge in [-0.15, -0.1) is 11.3 Å². The number of ketones is 1. The highest BCUT2D eigenvalue weighted by molar-refractivity contribution is 7.11. The van der Waals surface area contributed by atoms with Gasteiger partial charge in [0, 0.05) is 36.3 Å². The quantitative estimate of drug-likeness (QED) is 0.811. The van der Waals surface area contributed by atoms with Crippen molar-refractivity contribution in [3.05, 3.63) is 15.6 Å². The molecule has 1 aliphatic rings. The third-order valence-electron chi connectivity index (χ3n) is 3.55. The highest BCUT2D eigenvalue weighted by atomic mass is 32.1. The van der Waals surface area contributed by atoms with E-state index in [0.717, 1.165) is 17.2 Å². The molecule has 0 N–H and O–H groups in total. The van der Waals surface area contributed by atoms with Gasteiger partial charge in [-0.3, -0.25) is 9.69 Å². The first-order valence-corrected chi connectivity index (χ1v) is 7.02. The molecule has 1 aromatic rings. The van der Waals surface area contributed by atoms with E-state index in [1.165, 1.54) is 4.88 Å². The molecule has 2 atom stereocenters. The second-order valence-electron chi connectivity index (χ2n) is 4.94. The zero-order valence-electron chi connectivity index (χ0n) is 11.0. The van der Waals surface area contributed by atoms with E-state index in [0.29, 0.717) is 30.7 Å². The Kier molecular flexibility index (Phi) is 3.64. The summed E-state index contributed by atoms with van der Waals surface area (Å²) in [7, 11) is 0. The van der Waals surface area contributed by atoms with Gasteiger partial charge in [0.15, 0.2) is 0 Å². The zero-order valence-corrected chi connectivity index (χ0v) is 11.8. The lowest BCUT2D eigenvalue weighted by Crippen LogP contribution is -2.42. The Labute approximate surface area is 107 Å².